The van der Waals surface area contributed by atoms with E-state index in [1.54, 1.807) is 0 Å². The molecule has 51 heavy (non-hydrogen) atoms. The number of hydrogen-bond donors (Lipinski definition) is 2. The smallest absolute Gasteiger partial charge is 0.411 e. The van der Waals surface area contributed by atoms with Crippen LogP contribution in [0, 0.1) is 13.8 Å². The van der Waals surface area contributed by atoms with Crippen molar-refractivity contribution < 1.29 is 65.3 Å². The van der Waals surface area contributed by atoms with E-state index in [1.165, 1.54) is 50.2 Å². The summed E-state index contributed by atoms with van der Waals surface area (Å²) in [6.45, 7) is 2.52. The highest BCUT2D eigenvalue weighted by Crippen LogP contribution is 2.57. The number of rotatable bonds is 6. The van der Waals surface area contributed by atoms with E-state index in [4.69, 9.17) is 0 Å². The van der Waals surface area contributed by atoms with Crippen molar-refractivity contribution in [2.24, 2.45) is 0 Å². The van der Waals surface area contributed by atoms with Gasteiger partial charge in [-0.05, 0) is 84.6 Å². The third-order valence-corrected chi connectivity index (χ3v) is 9.04. The van der Waals surface area contributed by atoms with Crippen LogP contribution in [0.4, 0.5) is 37.7 Å². The Labute approximate surface area is 282 Å². The van der Waals surface area contributed by atoms with E-state index in [0.717, 1.165) is 0 Å². The van der Waals surface area contributed by atoms with Crippen molar-refractivity contribution in [2.45, 2.75) is 31.6 Å². The molecule has 10 nitrogen and oxygen atoms in total. The number of amides is 4. The van der Waals surface area contributed by atoms with Crippen molar-refractivity contribution >= 4 is 46.9 Å². The summed E-state index contributed by atoms with van der Waals surface area (Å²) >= 11 is 0. The van der Waals surface area contributed by atoms with Gasteiger partial charge in [0.1, 0.15) is 0 Å². The number of nitrogens with zero attached hydrogens (tertiary/aromatic N) is 2. The Kier molecular flexibility index (Phi) is 7.70. The van der Waals surface area contributed by atoms with Crippen LogP contribution >= 0.6 is 0 Å². The van der Waals surface area contributed by atoms with E-state index >= 15 is 26.3 Å². The number of carboxylic acid groups (broad SMARTS) is 2. The molecule has 4 aromatic rings. The number of benzene rings is 4. The Morgan fingerprint density at radius 3 is 1.18 bits per heavy atom. The van der Waals surface area contributed by atoms with Crippen molar-refractivity contribution in [1.29, 1.82) is 0 Å². The molecule has 2 N–H and O–H groups in total. The molecule has 0 unspecified atom stereocenters. The molecule has 6 rings (SSSR count). The number of halogens is 6. The van der Waals surface area contributed by atoms with Crippen LogP contribution in [0.3, 0.4) is 0 Å². The second-order valence-electron chi connectivity index (χ2n) is 11.7. The second-order valence-corrected chi connectivity index (χ2v) is 11.7. The van der Waals surface area contributed by atoms with Crippen molar-refractivity contribution in [3.8, 4) is 0 Å². The highest BCUT2D eigenvalue weighted by Gasteiger charge is 2.73. The molecule has 0 spiro atoms. The molecule has 4 aromatic carbocycles. The quantitative estimate of drug-likeness (QED) is 0.166. The second kappa shape index (κ2) is 11.4. The van der Waals surface area contributed by atoms with E-state index in [1.807, 2.05) is 0 Å². The number of anilines is 2. The van der Waals surface area contributed by atoms with Crippen LogP contribution in [-0.4, -0.2) is 58.1 Å². The van der Waals surface area contributed by atoms with Gasteiger partial charge in [0.25, 0.3) is 23.6 Å². The number of alkyl halides is 6. The minimum Gasteiger partial charge on any atom is -0.478 e. The number of fused-ring (bicyclic) bond motifs is 2. The number of carbonyl (C=O) groups excluding carboxylic acids is 4. The first-order valence-electron chi connectivity index (χ1n) is 14.6. The topological polar surface area (TPSA) is 149 Å². The molecule has 0 saturated heterocycles. The highest BCUT2D eigenvalue weighted by molar-refractivity contribution is 6.35. The van der Waals surface area contributed by atoms with Gasteiger partial charge in [0, 0.05) is 0 Å². The third kappa shape index (κ3) is 4.80. The average Bonchev–Trinajstić information content (AvgIpc) is 3.43. The van der Waals surface area contributed by atoms with Crippen LogP contribution in [0.1, 0.15) is 84.4 Å². The molecule has 0 bridgehead atoms. The summed E-state index contributed by atoms with van der Waals surface area (Å²) in [4.78, 5) is 77.8. The minimum absolute atomic E-state index is 0.0732. The molecule has 4 amide bonds. The maximum Gasteiger partial charge on any atom is 0.411 e. The lowest BCUT2D eigenvalue weighted by molar-refractivity contribution is -0.288. The van der Waals surface area contributed by atoms with E-state index in [2.05, 4.69) is 0 Å². The first-order chi connectivity index (χ1) is 23.7. The van der Waals surface area contributed by atoms with Gasteiger partial charge in [-0.15, -0.1) is 0 Å². The first kappa shape index (κ1) is 34.5. The largest absolute Gasteiger partial charge is 0.478 e. The first-order valence-corrected chi connectivity index (χ1v) is 14.6. The molecule has 260 valence electrons. The fraction of sp³-hybridized carbons (Fsp3) is 0.143. The average molecular weight is 711 g/mol. The standard InChI is InChI=1S/C35H20F6N2O8/c1-15-19(31(48)49)5-3-7-25(15)42-27(44)21-11-9-17(13-23(21)29(42)46)33(34(36,37)38,35(39,40)41)18-10-12-22-24(14-18)30(47)43(28(22)45)26-8-4-6-20(16(26)2)32(50)51/h3-14H,1-2H3,(H,48,49)(H,50,51). The summed E-state index contributed by atoms with van der Waals surface area (Å²) in [6, 6.07) is 9.66. The Bertz CT molecular complexity index is 2120. The molecule has 2 heterocycles. The molecular weight excluding hydrogens is 690 g/mol. The maximum atomic E-state index is 15.2. The van der Waals surface area contributed by atoms with E-state index in [-0.39, 0.29) is 45.8 Å². The minimum atomic E-state index is -6.21. The molecule has 2 aliphatic rings. The molecular formula is C35H20F6N2O8. The van der Waals surface area contributed by atoms with Gasteiger partial charge in [-0.3, -0.25) is 19.2 Å². The van der Waals surface area contributed by atoms with Gasteiger partial charge in [-0.25, -0.2) is 19.4 Å². The van der Waals surface area contributed by atoms with Crippen molar-refractivity contribution in [3.05, 3.63) is 128 Å². The van der Waals surface area contributed by atoms with Gasteiger partial charge in [0.2, 0.25) is 5.41 Å². The van der Waals surface area contributed by atoms with Gasteiger partial charge in [-0.1, -0.05) is 24.3 Å². The van der Waals surface area contributed by atoms with Crippen LogP contribution in [0.15, 0.2) is 72.8 Å². The van der Waals surface area contributed by atoms with E-state index in [9.17, 15) is 39.0 Å². The van der Waals surface area contributed by atoms with Gasteiger partial charge < -0.3 is 10.2 Å². The lowest BCUT2D eigenvalue weighted by Gasteiger charge is -2.38. The van der Waals surface area contributed by atoms with Gasteiger partial charge in [0.05, 0.1) is 44.8 Å². The SMILES string of the molecule is Cc1c(C(=O)O)cccc1N1C(=O)c2ccc(C(c3ccc4c(c3)C(=O)N(c3cccc(C(=O)O)c3C)C4=O)(C(F)(F)F)C(F)(F)F)cc2C1=O. The zero-order valence-corrected chi connectivity index (χ0v) is 25.9. The zero-order valence-electron chi connectivity index (χ0n) is 25.9. The van der Waals surface area contributed by atoms with Crippen molar-refractivity contribution in [2.75, 3.05) is 9.80 Å². The van der Waals surface area contributed by atoms with Gasteiger partial charge in [-0.2, -0.15) is 26.3 Å². The predicted molar refractivity (Wildman–Crippen MR) is 164 cm³/mol. The molecule has 0 aliphatic carbocycles. The molecule has 16 heteroatoms. The number of carboxylic acids is 2. The molecule has 0 fully saturated rings. The van der Waals surface area contributed by atoms with Gasteiger partial charge >= 0.3 is 24.3 Å². The number of hydrogen-bond acceptors (Lipinski definition) is 6. The number of imide groups is 2. The lowest BCUT2D eigenvalue weighted by atomic mass is 9.71. The number of aromatic carboxylic acids is 2. The Morgan fingerprint density at radius 1 is 0.529 bits per heavy atom. The summed E-state index contributed by atoms with van der Waals surface area (Å²) < 4.78 is 91.0. The zero-order chi connectivity index (χ0) is 37.5. The molecule has 0 saturated carbocycles. The molecule has 2 aliphatic heterocycles. The Hall–Kier alpha value is -6.32. The molecule has 0 aromatic heterocycles. The Balaban J connectivity index is 1.52. The Morgan fingerprint density at radius 2 is 0.863 bits per heavy atom. The fourth-order valence-electron chi connectivity index (χ4n) is 6.56. The molecule has 0 radical (unpaired) electrons. The summed E-state index contributed by atoms with van der Waals surface area (Å²) in [5, 5.41) is 18.9. The third-order valence-electron chi connectivity index (χ3n) is 9.04. The maximum absolute atomic E-state index is 15.2. The fourth-order valence-corrected chi connectivity index (χ4v) is 6.56. The van der Waals surface area contributed by atoms with Crippen LogP contribution < -0.4 is 9.80 Å². The predicted octanol–water partition coefficient (Wildman–Crippen LogP) is 6.71. The highest BCUT2D eigenvalue weighted by atomic mass is 19.4. The van der Waals surface area contributed by atoms with Crippen molar-refractivity contribution in [1.82, 2.24) is 0 Å². The summed E-state index contributed by atoms with van der Waals surface area (Å²) in [7, 11) is 0. The van der Waals surface area contributed by atoms with E-state index < -0.39 is 86.7 Å². The normalized spacial score (nSPS) is 14.7. The summed E-state index contributed by atoms with van der Waals surface area (Å²) in [5.74, 6) is -7.72. The van der Waals surface area contributed by atoms with Crippen LogP contribution in [0.5, 0.6) is 0 Å². The summed E-state index contributed by atoms with van der Waals surface area (Å²) in [5.41, 5.74) is -12.0. The van der Waals surface area contributed by atoms with Gasteiger partial charge in [0.15, 0.2) is 0 Å². The van der Waals surface area contributed by atoms with E-state index in [0.29, 0.717) is 34.1 Å². The monoisotopic (exact) mass is 710 g/mol. The van der Waals surface area contributed by atoms with Crippen LogP contribution in [0.25, 0.3) is 0 Å². The lowest BCUT2D eigenvalue weighted by Crippen LogP contribution is -2.55. The number of carbonyl (C=O) groups is 6. The summed E-state index contributed by atoms with van der Waals surface area (Å²) in [6.07, 6.45) is -12.4. The van der Waals surface area contributed by atoms with Crippen LogP contribution in [-0.2, 0) is 5.41 Å². The molecule has 0 atom stereocenters. The van der Waals surface area contributed by atoms with Crippen LogP contribution in [0.2, 0.25) is 0 Å². The van der Waals surface area contributed by atoms with Crippen molar-refractivity contribution in [3.63, 3.8) is 0 Å².